The SMILES string of the molecule is CCCC(C)C(=O)N1CCC(C)C1CO. The van der Waals surface area contributed by atoms with Crippen molar-refractivity contribution >= 4 is 5.91 Å². The highest BCUT2D eigenvalue weighted by molar-refractivity contribution is 5.79. The standard InChI is InChI=1S/C12H23NO2/c1-4-5-10(3)12(15)13-7-6-9(2)11(13)8-14/h9-11,14H,4-8H2,1-3H3. The summed E-state index contributed by atoms with van der Waals surface area (Å²) in [5.74, 6) is 0.766. The first-order valence-corrected chi connectivity index (χ1v) is 6.03. The van der Waals surface area contributed by atoms with Crippen LogP contribution in [0.15, 0.2) is 0 Å². The van der Waals surface area contributed by atoms with Crippen molar-refractivity contribution in [1.82, 2.24) is 4.90 Å². The van der Waals surface area contributed by atoms with Gasteiger partial charge in [0.2, 0.25) is 5.91 Å². The van der Waals surface area contributed by atoms with Crippen molar-refractivity contribution in [2.24, 2.45) is 11.8 Å². The van der Waals surface area contributed by atoms with Gasteiger partial charge in [-0.1, -0.05) is 27.2 Å². The van der Waals surface area contributed by atoms with Gasteiger partial charge < -0.3 is 10.0 Å². The van der Waals surface area contributed by atoms with Crippen LogP contribution in [0.1, 0.15) is 40.0 Å². The molecule has 1 fully saturated rings. The Morgan fingerprint density at radius 1 is 1.60 bits per heavy atom. The highest BCUT2D eigenvalue weighted by atomic mass is 16.3. The Morgan fingerprint density at radius 2 is 2.27 bits per heavy atom. The fourth-order valence-electron chi connectivity index (χ4n) is 2.40. The van der Waals surface area contributed by atoms with E-state index < -0.39 is 0 Å². The van der Waals surface area contributed by atoms with Crippen molar-refractivity contribution in [3.63, 3.8) is 0 Å². The summed E-state index contributed by atoms with van der Waals surface area (Å²) < 4.78 is 0. The first kappa shape index (κ1) is 12.5. The minimum absolute atomic E-state index is 0.0526. The van der Waals surface area contributed by atoms with Crippen LogP contribution in [-0.2, 0) is 4.79 Å². The molecule has 3 atom stereocenters. The highest BCUT2D eigenvalue weighted by Crippen LogP contribution is 2.25. The molecule has 1 rings (SSSR count). The van der Waals surface area contributed by atoms with Crippen LogP contribution < -0.4 is 0 Å². The van der Waals surface area contributed by atoms with Gasteiger partial charge in [-0.15, -0.1) is 0 Å². The van der Waals surface area contributed by atoms with E-state index in [4.69, 9.17) is 0 Å². The number of carbonyl (C=O) groups excluding carboxylic acids is 1. The van der Waals surface area contributed by atoms with Crippen molar-refractivity contribution in [3.8, 4) is 0 Å². The number of aliphatic hydroxyl groups is 1. The molecule has 0 aliphatic carbocycles. The maximum atomic E-state index is 12.1. The lowest BCUT2D eigenvalue weighted by molar-refractivity contribution is -0.137. The van der Waals surface area contributed by atoms with E-state index in [0.29, 0.717) is 5.92 Å². The lowest BCUT2D eigenvalue weighted by atomic mass is 10.0. The molecule has 0 aromatic heterocycles. The highest BCUT2D eigenvalue weighted by Gasteiger charge is 2.35. The Balaban J connectivity index is 2.59. The van der Waals surface area contributed by atoms with Crippen LogP contribution in [0, 0.1) is 11.8 Å². The topological polar surface area (TPSA) is 40.5 Å². The van der Waals surface area contributed by atoms with Gasteiger partial charge in [0.25, 0.3) is 0 Å². The molecule has 0 spiro atoms. The Morgan fingerprint density at radius 3 is 2.80 bits per heavy atom. The summed E-state index contributed by atoms with van der Waals surface area (Å²) in [6.07, 6.45) is 3.01. The van der Waals surface area contributed by atoms with E-state index in [2.05, 4.69) is 13.8 Å². The van der Waals surface area contributed by atoms with Gasteiger partial charge in [0.05, 0.1) is 12.6 Å². The van der Waals surface area contributed by atoms with Gasteiger partial charge in [-0.25, -0.2) is 0 Å². The molecule has 0 saturated carbocycles. The van der Waals surface area contributed by atoms with Crippen molar-refractivity contribution < 1.29 is 9.90 Å². The normalized spacial score (nSPS) is 28.1. The van der Waals surface area contributed by atoms with Crippen LogP contribution in [-0.4, -0.2) is 35.1 Å². The fourth-order valence-corrected chi connectivity index (χ4v) is 2.40. The fraction of sp³-hybridized carbons (Fsp3) is 0.917. The summed E-state index contributed by atoms with van der Waals surface area (Å²) in [7, 11) is 0. The average molecular weight is 213 g/mol. The zero-order valence-corrected chi connectivity index (χ0v) is 10.1. The van der Waals surface area contributed by atoms with Gasteiger partial charge in [0.1, 0.15) is 0 Å². The summed E-state index contributed by atoms with van der Waals surface area (Å²) in [5, 5.41) is 9.27. The predicted octanol–water partition coefficient (Wildman–Crippen LogP) is 1.65. The Bertz CT molecular complexity index is 218. The van der Waals surface area contributed by atoms with E-state index in [9.17, 15) is 9.90 Å². The maximum Gasteiger partial charge on any atom is 0.225 e. The Labute approximate surface area is 92.5 Å². The van der Waals surface area contributed by atoms with E-state index in [-0.39, 0.29) is 24.5 Å². The van der Waals surface area contributed by atoms with Crippen molar-refractivity contribution in [2.75, 3.05) is 13.2 Å². The molecule has 1 saturated heterocycles. The first-order valence-electron chi connectivity index (χ1n) is 6.03. The summed E-state index contributed by atoms with van der Waals surface area (Å²) in [5.41, 5.74) is 0. The quantitative estimate of drug-likeness (QED) is 0.771. The summed E-state index contributed by atoms with van der Waals surface area (Å²) in [6, 6.07) is 0.0526. The lowest BCUT2D eigenvalue weighted by Gasteiger charge is -2.27. The minimum atomic E-state index is 0.0526. The molecule has 88 valence electrons. The predicted molar refractivity (Wildman–Crippen MR) is 60.4 cm³/mol. The minimum Gasteiger partial charge on any atom is -0.394 e. The third-order valence-electron chi connectivity index (χ3n) is 3.50. The molecule has 3 unspecified atom stereocenters. The molecule has 3 nitrogen and oxygen atoms in total. The molecule has 1 aliphatic rings. The van der Waals surface area contributed by atoms with E-state index in [0.717, 1.165) is 25.8 Å². The Kier molecular flexibility index (Phi) is 4.58. The first-order chi connectivity index (χ1) is 7.11. The molecule has 3 heteroatoms. The molecule has 1 aliphatic heterocycles. The van der Waals surface area contributed by atoms with Gasteiger partial charge >= 0.3 is 0 Å². The number of aliphatic hydroxyl groups excluding tert-OH is 1. The number of carbonyl (C=O) groups is 1. The van der Waals surface area contributed by atoms with Gasteiger partial charge in [-0.2, -0.15) is 0 Å². The molecule has 1 heterocycles. The van der Waals surface area contributed by atoms with Gasteiger partial charge in [0.15, 0.2) is 0 Å². The maximum absolute atomic E-state index is 12.1. The second-order valence-corrected chi connectivity index (χ2v) is 4.74. The van der Waals surface area contributed by atoms with Crippen molar-refractivity contribution in [2.45, 2.75) is 46.1 Å². The van der Waals surface area contributed by atoms with Crippen LogP contribution in [0.3, 0.4) is 0 Å². The zero-order chi connectivity index (χ0) is 11.4. The molecule has 0 radical (unpaired) electrons. The molecular formula is C12H23NO2. The molecule has 0 aromatic rings. The van der Waals surface area contributed by atoms with Gasteiger partial charge in [-0.3, -0.25) is 4.79 Å². The molecule has 1 amide bonds. The van der Waals surface area contributed by atoms with Crippen LogP contribution >= 0.6 is 0 Å². The smallest absolute Gasteiger partial charge is 0.225 e. The number of nitrogens with zero attached hydrogens (tertiary/aromatic N) is 1. The summed E-state index contributed by atoms with van der Waals surface area (Å²) >= 11 is 0. The van der Waals surface area contributed by atoms with Crippen LogP contribution in [0.2, 0.25) is 0 Å². The second-order valence-electron chi connectivity index (χ2n) is 4.74. The van der Waals surface area contributed by atoms with Crippen LogP contribution in [0.5, 0.6) is 0 Å². The number of amides is 1. The number of rotatable bonds is 4. The van der Waals surface area contributed by atoms with E-state index in [1.54, 1.807) is 0 Å². The van der Waals surface area contributed by atoms with Crippen molar-refractivity contribution in [3.05, 3.63) is 0 Å². The average Bonchev–Trinajstić information content (AvgIpc) is 2.58. The van der Waals surface area contributed by atoms with Gasteiger partial charge in [0, 0.05) is 12.5 Å². The number of hydrogen-bond acceptors (Lipinski definition) is 2. The molecule has 0 aromatic carbocycles. The van der Waals surface area contributed by atoms with Crippen molar-refractivity contribution in [1.29, 1.82) is 0 Å². The van der Waals surface area contributed by atoms with E-state index in [1.165, 1.54) is 0 Å². The third-order valence-corrected chi connectivity index (χ3v) is 3.50. The Hall–Kier alpha value is -0.570. The van der Waals surface area contributed by atoms with E-state index >= 15 is 0 Å². The largest absolute Gasteiger partial charge is 0.394 e. The summed E-state index contributed by atoms with van der Waals surface area (Å²) in [6.45, 7) is 7.12. The van der Waals surface area contributed by atoms with Crippen LogP contribution in [0.25, 0.3) is 0 Å². The molecular weight excluding hydrogens is 190 g/mol. The molecule has 1 N–H and O–H groups in total. The summed E-state index contributed by atoms with van der Waals surface area (Å²) in [4.78, 5) is 13.9. The van der Waals surface area contributed by atoms with Gasteiger partial charge in [-0.05, 0) is 18.8 Å². The molecule has 0 bridgehead atoms. The molecule has 15 heavy (non-hydrogen) atoms. The lowest BCUT2D eigenvalue weighted by Crippen LogP contribution is -2.42. The second kappa shape index (κ2) is 5.50. The third kappa shape index (κ3) is 2.71. The zero-order valence-electron chi connectivity index (χ0n) is 10.1. The number of likely N-dealkylation sites (tertiary alicyclic amines) is 1. The van der Waals surface area contributed by atoms with E-state index in [1.807, 2.05) is 11.8 Å². The monoisotopic (exact) mass is 213 g/mol. The van der Waals surface area contributed by atoms with Crippen LogP contribution in [0.4, 0.5) is 0 Å². The number of hydrogen-bond donors (Lipinski definition) is 1.